The van der Waals surface area contributed by atoms with Gasteiger partial charge in [-0.3, -0.25) is 9.59 Å². The molecular weight excluding hydrogens is 385 g/mol. The number of hydrogen-bond acceptors (Lipinski definition) is 4. The van der Waals surface area contributed by atoms with Gasteiger partial charge in [0.2, 0.25) is 0 Å². The molecule has 0 bridgehead atoms. The maximum atomic E-state index is 14.6. The molecule has 2 aromatic rings. The molecule has 158 valence electrons. The number of nitrogens with zero attached hydrogens (tertiary/aromatic N) is 1. The minimum absolute atomic E-state index is 0.0940. The summed E-state index contributed by atoms with van der Waals surface area (Å²) in [5.74, 6) is -1.73. The fourth-order valence-electron chi connectivity index (χ4n) is 3.54. The summed E-state index contributed by atoms with van der Waals surface area (Å²) in [7, 11) is 0. The first-order valence-corrected chi connectivity index (χ1v) is 10.3. The number of hydrogen-bond donors (Lipinski definition) is 1. The number of Topliss-reactive ketones (excluding diaryl/α,β-unsaturated/α-hetero) is 1. The Balaban J connectivity index is 2.08. The molecule has 30 heavy (non-hydrogen) atoms. The van der Waals surface area contributed by atoms with Crippen LogP contribution in [-0.2, 0) is 9.59 Å². The molecule has 1 N–H and O–H groups in total. The van der Waals surface area contributed by atoms with Gasteiger partial charge in [-0.1, -0.05) is 38.5 Å². The van der Waals surface area contributed by atoms with Gasteiger partial charge in [-0.25, -0.2) is 4.39 Å². The van der Waals surface area contributed by atoms with E-state index in [2.05, 4.69) is 0 Å². The summed E-state index contributed by atoms with van der Waals surface area (Å²) < 4.78 is 20.2. The first-order valence-electron chi connectivity index (χ1n) is 10.3. The van der Waals surface area contributed by atoms with Crippen LogP contribution in [0.1, 0.15) is 50.3 Å². The molecule has 6 heteroatoms. The van der Waals surface area contributed by atoms with Gasteiger partial charge in [-0.15, -0.1) is 0 Å². The maximum absolute atomic E-state index is 14.6. The summed E-state index contributed by atoms with van der Waals surface area (Å²) in [5.41, 5.74) is 0.467. The van der Waals surface area contributed by atoms with E-state index < -0.39 is 23.5 Å². The predicted molar refractivity (Wildman–Crippen MR) is 113 cm³/mol. The number of likely N-dealkylation sites (tertiary alicyclic amines) is 1. The van der Waals surface area contributed by atoms with Crippen molar-refractivity contribution in [3.05, 3.63) is 71.0 Å². The van der Waals surface area contributed by atoms with Crippen molar-refractivity contribution in [3.8, 4) is 5.75 Å². The van der Waals surface area contributed by atoms with E-state index in [1.54, 1.807) is 42.5 Å². The number of aliphatic hydroxyl groups is 1. The second-order valence-corrected chi connectivity index (χ2v) is 7.24. The van der Waals surface area contributed by atoms with Crippen LogP contribution < -0.4 is 4.74 Å². The molecule has 2 aromatic carbocycles. The highest BCUT2D eigenvalue weighted by Crippen LogP contribution is 2.40. The van der Waals surface area contributed by atoms with Crippen molar-refractivity contribution in [2.75, 3.05) is 13.2 Å². The largest absolute Gasteiger partial charge is 0.507 e. The molecule has 3 rings (SSSR count). The number of carbonyl (C=O) groups excluding carboxylic acids is 2. The summed E-state index contributed by atoms with van der Waals surface area (Å²) in [6.07, 6.45) is 2.35. The summed E-state index contributed by atoms with van der Waals surface area (Å²) >= 11 is 0. The lowest BCUT2D eigenvalue weighted by Crippen LogP contribution is -2.31. The normalized spacial score (nSPS) is 18.1. The minimum atomic E-state index is -0.964. The highest BCUT2D eigenvalue weighted by atomic mass is 19.1. The second-order valence-electron chi connectivity index (χ2n) is 7.24. The van der Waals surface area contributed by atoms with Gasteiger partial charge in [0.05, 0.1) is 18.2 Å². The molecule has 0 aliphatic carbocycles. The van der Waals surface area contributed by atoms with Crippen LogP contribution in [0.4, 0.5) is 4.39 Å². The zero-order chi connectivity index (χ0) is 21.7. The Hall–Kier alpha value is -3.15. The highest BCUT2D eigenvalue weighted by Gasteiger charge is 2.46. The van der Waals surface area contributed by atoms with Crippen LogP contribution in [0.25, 0.3) is 5.76 Å². The topological polar surface area (TPSA) is 66.8 Å². The Labute approximate surface area is 175 Å². The van der Waals surface area contributed by atoms with E-state index in [0.29, 0.717) is 30.9 Å². The molecule has 0 saturated carbocycles. The molecule has 1 heterocycles. The van der Waals surface area contributed by atoms with E-state index in [1.165, 1.54) is 11.0 Å². The Morgan fingerprint density at radius 2 is 1.77 bits per heavy atom. The van der Waals surface area contributed by atoms with E-state index in [1.807, 2.05) is 13.8 Å². The number of rotatable bonds is 8. The third-order valence-electron chi connectivity index (χ3n) is 5.09. The van der Waals surface area contributed by atoms with Gasteiger partial charge in [-0.2, -0.15) is 0 Å². The molecular formula is C24H26FNO4. The fraction of sp³-hybridized carbons (Fsp3) is 0.333. The first kappa shape index (κ1) is 21.6. The number of ether oxygens (including phenoxy) is 1. The van der Waals surface area contributed by atoms with Crippen LogP contribution in [0.2, 0.25) is 0 Å². The van der Waals surface area contributed by atoms with Crippen LogP contribution in [0.5, 0.6) is 5.75 Å². The highest BCUT2D eigenvalue weighted by molar-refractivity contribution is 6.46. The van der Waals surface area contributed by atoms with Crippen LogP contribution in [0, 0.1) is 5.82 Å². The molecule has 0 aromatic heterocycles. The van der Waals surface area contributed by atoms with Gasteiger partial charge in [-0.05, 0) is 43.2 Å². The monoisotopic (exact) mass is 411 g/mol. The van der Waals surface area contributed by atoms with Crippen molar-refractivity contribution in [3.63, 3.8) is 0 Å². The molecule has 1 saturated heterocycles. The first-order chi connectivity index (χ1) is 14.5. The van der Waals surface area contributed by atoms with Gasteiger partial charge in [0, 0.05) is 17.7 Å². The Kier molecular flexibility index (Phi) is 6.87. The van der Waals surface area contributed by atoms with Gasteiger partial charge in [0.25, 0.3) is 11.7 Å². The zero-order valence-electron chi connectivity index (χ0n) is 17.2. The average Bonchev–Trinajstić information content (AvgIpc) is 3.01. The fourth-order valence-corrected chi connectivity index (χ4v) is 3.54. The number of halogens is 1. The number of carbonyl (C=O) groups is 2. The van der Waals surface area contributed by atoms with E-state index in [9.17, 15) is 19.1 Å². The van der Waals surface area contributed by atoms with E-state index in [-0.39, 0.29) is 16.9 Å². The molecule has 1 fully saturated rings. The summed E-state index contributed by atoms with van der Waals surface area (Å²) in [6, 6.07) is 11.7. The molecule has 0 spiro atoms. The average molecular weight is 411 g/mol. The van der Waals surface area contributed by atoms with Crippen molar-refractivity contribution >= 4 is 17.4 Å². The molecule has 1 unspecified atom stereocenters. The minimum Gasteiger partial charge on any atom is -0.507 e. The lowest BCUT2D eigenvalue weighted by Gasteiger charge is -2.25. The number of ketones is 1. The van der Waals surface area contributed by atoms with E-state index in [0.717, 1.165) is 12.8 Å². The van der Waals surface area contributed by atoms with Crippen LogP contribution in [0.3, 0.4) is 0 Å². The standard InChI is InChI=1S/C24H26FNO4/c1-3-5-14-26-21(18-8-6-7-9-19(18)25)20(23(28)24(26)29)22(27)16-10-12-17(13-11-16)30-15-4-2/h6-13,21,27H,3-5,14-15H2,1-2H3/b22-20-. The quantitative estimate of drug-likeness (QED) is 0.384. The molecule has 1 amide bonds. The van der Waals surface area contributed by atoms with Crippen LogP contribution in [-0.4, -0.2) is 34.8 Å². The zero-order valence-corrected chi connectivity index (χ0v) is 17.2. The maximum Gasteiger partial charge on any atom is 0.295 e. The Bertz CT molecular complexity index is 952. The number of benzene rings is 2. The van der Waals surface area contributed by atoms with Crippen molar-refractivity contribution < 1.29 is 23.8 Å². The number of aliphatic hydroxyl groups excluding tert-OH is 1. The Morgan fingerprint density at radius 1 is 1.07 bits per heavy atom. The second kappa shape index (κ2) is 9.57. The van der Waals surface area contributed by atoms with Crippen molar-refractivity contribution in [1.82, 2.24) is 4.90 Å². The Morgan fingerprint density at radius 3 is 2.40 bits per heavy atom. The molecule has 0 radical (unpaired) electrons. The van der Waals surface area contributed by atoms with Crippen molar-refractivity contribution in [2.45, 2.75) is 39.2 Å². The van der Waals surface area contributed by atoms with E-state index >= 15 is 0 Å². The molecule has 5 nitrogen and oxygen atoms in total. The third-order valence-corrected chi connectivity index (χ3v) is 5.09. The molecule has 1 aliphatic heterocycles. The van der Waals surface area contributed by atoms with Gasteiger partial charge < -0.3 is 14.7 Å². The molecule has 1 atom stereocenters. The third kappa shape index (κ3) is 4.22. The van der Waals surface area contributed by atoms with Crippen molar-refractivity contribution in [2.24, 2.45) is 0 Å². The summed E-state index contributed by atoms with van der Waals surface area (Å²) in [5, 5.41) is 11.0. The van der Waals surface area contributed by atoms with Crippen molar-refractivity contribution in [1.29, 1.82) is 0 Å². The summed E-state index contributed by atoms with van der Waals surface area (Å²) in [4.78, 5) is 26.9. The van der Waals surface area contributed by atoms with E-state index in [4.69, 9.17) is 4.74 Å². The van der Waals surface area contributed by atoms with Gasteiger partial charge >= 0.3 is 0 Å². The smallest absolute Gasteiger partial charge is 0.295 e. The predicted octanol–water partition coefficient (Wildman–Crippen LogP) is 4.84. The lowest BCUT2D eigenvalue weighted by molar-refractivity contribution is -0.139. The number of unbranched alkanes of at least 4 members (excludes halogenated alkanes) is 1. The summed E-state index contributed by atoms with van der Waals surface area (Å²) in [6.45, 7) is 4.85. The number of amides is 1. The van der Waals surface area contributed by atoms with Crippen LogP contribution >= 0.6 is 0 Å². The van der Waals surface area contributed by atoms with Crippen LogP contribution in [0.15, 0.2) is 54.1 Å². The molecule has 1 aliphatic rings. The van der Waals surface area contributed by atoms with Gasteiger partial charge in [0.1, 0.15) is 17.3 Å². The lowest BCUT2D eigenvalue weighted by atomic mass is 9.95. The SMILES string of the molecule is CCCCN1C(=O)C(=O)/C(=C(\O)c2ccc(OCCC)cc2)C1c1ccccc1F. The van der Waals surface area contributed by atoms with Gasteiger partial charge in [0.15, 0.2) is 0 Å².